The third-order valence-electron chi connectivity index (χ3n) is 3.62. The van der Waals surface area contributed by atoms with Crippen molar-refractivity contribution in [2.45, 2.75) is 17.2 Å². The first-order valence-electron chi connectivity index (χ1n) is 6.54. The van der Waals surface area contributed by atoms with E-state index in [4.69, 9.17) is 0 Å². The highest BCUT2D eigenvalue weighted by molar-refractivity contribution is 7.99. The van der Waals surface area contributed by atoms with Crippen LogP contribution in [-0.4, -0.2) is 42.7 Å². The maximum Gasteiger partial charge on any atom is 0.234 e. The van der Waals surface area contributed by atoms with Gasteiger partial charge >= 0.3 is 0 Å². The molecule has 0 aliphatic carbocycles. The molecule has 0 saturated carbocycles. The van der Waals surface area contributed by atoms with Gasteiger partial charge in [-0.25, -0.2) is 0 Å². The van der Waals surface area contributed by atoms with Crippen LogP contribution in [0.4, 0.5) is 0 Å². The average molecular weight is 262 g/mol. The van der Waals surface area contributed by atoms with Crippen LogP contribution >= 0.6 is 11.8 Å². The second kappa shape index (κ2) is 5.33. The second-order valence-electron chi connectivity index (χ2n) is 4.98. The van der Waals surface area contributed by atoms with Crippen LogP contribution in [0.3, 0.4) is 0 Å². The number of carbonyl (C=O) groups is 1. The summed E-state index contributed by atoms with van der Waals surface area (Å²) in [5.74, 6) is 1.90. The lowest BCUT2D eigenvalue weighted by Gasteiger charge is -2.22. The van der Waals surface area contributed by atoms with E-state index < -0.39 is 0 Å². The first kappa shape index (κ1) is 12.1. The number of hydrogen-bond donors (Lipinski definition) is 1. The van der Waals surface area contributed by atoms with E-state index in [0.717, 1.165) is 31.8 Å². The van der Waals surface area contributed by atoms with Crippen LogP contribution < -0.4 is 5.32 Å². The predicted octanol–water partition coefficient (Wildman–Crippen LogP) is 1.70. The van der Waals surface area contributed by atoms with Gasteiger partial charge in [0.05, 0.1) is 6.54 Å². The van der Waals surface area contributed by atoms with Crippen molar-refractivity contribution in [3.8, 4) is 0 Å². The van der Waals surface area contributed by atoms with E-state index in [-0.39, 0.29) is 5.91 Å². The van der Waals surface area contributed by atoms with Gasteiger partial charge in [0, 0.05) is 36.2 Å². The highest BCUT2D eigenvalue weighted by Gasteiger charge is 2.26. The smallest absolute Gasteiger partial charge is 0.234 e. The summed E-state index contributed by atoms with van der Waals surface area (Å²) in [5, 5.41) is 2.93. The second-order valence-corrected chi connectivity index (χ2v) is 6.05. The number of carbonyl (C=O) groups excluding carboxylic acids is 1. The summed E-state index contributed by atoms with van der Waals surface area (Å²) in [7, 11) is 0. The number of fused-ring (bicyclic) bond motifs is 1. The SMILES string of the molecule is O=C1CN(CC2CSc3ccccc32)CCCN1. The van der Waals surface area contributed by atoms with Crippen LogP contribution in [0.2, 0.25) is 0 Å². The highest BCUT2D eigenvalue weighted by atomic mass is 32.2. The van der Waals surface area contributed by atoms with Crippen molar-refractivity contribution < 1.29 is 4.79 Å². The lowest BCUT2D eigenvalue weighted by atomic mass is 10.0. The molecule has 1 aromatic carbocycles. The number of thioether (sulfide) groups is 1. The summed E-state index contributed by atoms with van der Waals surface area (Å²) in [4.78, 5) is 15.3. The average Bonchev–Trinajstić information content (AvgIpc) is 2.66. The normalized spacial score (nSPS) is 24.4. The van der Waals surface area contributed by atoms with Gasteiger partial charge in [-0.1, -0.05) is 18.2 Å². The van der Waals surface area contributed by atoms with E-state index in [2.05, 4.69) is 34.5 Å². The molecule has 2 aliphatic rings. The molecule has 0 aromatic heterocycles. The molecule has 1 unspecified atom stereocenters. The number of hydrogen-bond acceptors (Lipinski definition) is 3. The Bertz CT molecular complexity index is 449. The van der Waals surface area contributed by atoms with Crippen LogP contribution in [-0.2, 0) is 4.79 Å². The maximum absolute atomic E-state index is 11.6. The molecule has 0 radical (unpaired) electrons. The van der Waals surface area contributed by atoms with Gasteiger partial charge in [0.15, 0.2) is 0 Å². The van der Waals surface area contributed by atoms with E-state index >= 15 is 0 Å². The van der Waals surface area contributed by atoms with Crippen LogP contribution in [0.15, 0.2) is 29.2 Å². The van der Waals surface area contributed by atoms with Crippen LogP contribution in [0.25, 0.3) is 0 Å². The first-order valence-corrected chi connectivity index (χ1v) is 7.52. The molecule has 2 aliphatic heterocycles. The Hall–Kier alpha value is -1.00. The Morgan fingerprint density at radius 3 is 3.22 bits per heavy atom. The molecule has 1 aromatic rings. The molecule has 3 rings (SSSR count). The maximum atomic E-state index is 11.6. The molecule has 1 N–H and O–H groups in total. The quantitative estimate of drug-likeness (QED) is 0.880. The Labute approximate surface area is 112 Å². The number of amides is 1. The summed E-state index contributed by atoms with van der Waals surface area (Å²) in [5.41, 5.74) is 1.46. The molecule has 1 saturated heterocycles. The molecule has 0 spiro atoms. The Morgan fingerprint density at radius 2 is 2.28 bits per heavy atom. The highest BCUT2D eigenvalue weighted by Crippen LogP contribution is 2.39. The fourth-order valence-electron chi connectivity index (χ4n) is 2.72. The standard InChI is InChI=1S/C14H18N2OS/c17-14-9-16(7-3-6-15-14)8-11-10-18-13-5-2-1-4-12(11)13/h1-2,4-5,11H,3,6-10H2,(H,15,17). The van der Waals surface area contributed by atoms with Crippen molar-refractivity contribution in [1.29, 1.82) is 0 Å². The summed E-state index contributed by atoms with van der Waals surface area (Å²) in [6, 6.07) is 8.66. The molecule has 1 amide bonds. The van der Waals surface area contributed by atoms with Gasteiger partial charge in [-0.15, -0.1) is 11.8 Å². The number of benzene rings is 1. The minimum atomic E-state index is 0.173. The fraction of sp³-hybridized carbons (Fsp3) is 0.500. The zero-order valence-corrected chi connectivity index (χ0v) is 11.2. The molecule has 96 valence electrons. The topological polar surface area (TPSA) is 32.3 Å². The summed E-state index contributed by atoms with van der Waals surface area (Å²) in [6.07, 6.45) is 1.06. The third kappa shape index (κ3) is 2.54. The van der Waals surface area contributed by atoms with E-state index in [9.17, 15) is 4.79 Å². The van der Waals surface area contributed by atoms with Crippen LogP contribution in [0.1, 0.15) is 17.9 Å². The van der Waals surface area contributed by atoms with Crippen molar-refractivity contribution in [3.63, 3.8) is 0 Å². The number of rotatable bonds is 2. The zero-order chi connectivity index (χ0) is 12.4. The summed E-state index contributed by atoms with van der Waals surface area (Å²) >= 11 is 1.94. The van der Waals surface area contributed by atoms with Crippen LogP contribution in [0, 0.1) is 0 Å². The van der Waals surface area contributed by atoms with E-state index in [1.165, 1.54) is 10.5 Å². The lowest BCUT2D eigenvalue weighted by Crippen LogP contribution is -2.35. The third-order valence-corrected chi connectivity index (χ3v) is 4.87. The molecule has 18 heavy (non-hydrogen) atoms. The largest absolute Gasteiger partial charge is 0.355 e. The van der Waals surface area contributed by atoms with Gasteiger partial charge in [-0.3, -0.25) is 9.69 Å². The molecular weight excluding hydrogens is 244 g/mol. The Balaban J connectivity index is 1.68. The van der Waals surface area contributed by atoms with E-state index in [1.807, 2.05) is 11.8 Å². The van der Waals surface area contributed by atoms with E-state index in [0.29, 0.717) is 12.5 Å². The van der Waals surface area contributed by atoms with Gasteiger partial charge in [0.1, 0.15) is 0 Å². The molecule has 0 bridgehead atoms. The Morgan fingerprint density at radius 1 is 1.39 bits per heavy atom. The number of nitrogens with one attached hydrogen (secondary N) is 1. The van der Waals surface area contributed by atoms with Crippen molar-refractivity contribution in [2.75, 3.05) is 31.9 Å². The fourth-order valence-corrected chi connectivity index (χ4v) is 3.96. The first-order chi connectivity index (χ1) is 8.83. The molecule has 2 heterocycles. The number of nitrogens with zero attached hydrogens (tertiary/aromatic N) is 1. The van der Waals surface area contributed by atoms with Crippen molar-refractivity contribution in [2.24, 2.45) is 0 Å². The summed E-state index contributed by atoms with van der Waals surface area (Å²) < 4.78 is 0. The molecule has 1 atom stereocenters. The lowest BCUT2D eigenvalue weighted by molar-refractivity contribution is -0.121. The predicted molar refractivity (Wildman–Crippen MR) is 74.0 cm³/mol. The monoisotopic (exact) mass is 262 g/mol. The minimum absolute atomic E-state index is 0.173. The van der Waals surface area contributed by atoms with Gasteiger partial charge in [0.2, 0.25) is 5.91 Å². The van der Waals surface area contributed by atoms with E-state index in [1.54, 1.807) is 0 Å². The molecule has 4 heteroatoms. The van der Waals surface area contributed by atoms with Gasteiger partial charge in [0.25, 0.3) is 0 Å². The van der Waals surface area contributed by atoms with Crippen LogP contribution in [0.5, 0.6) is 0 Å². The van der Waals surface area contributed by atoms with Crippen molar-refractivity contribution in [3.05, 3.63) is 29.8 Å². The molecular formula is C14H18N2OS. The molecule has 3 nitrogen and oxygen atoms in total. The van der Waals surface area contributed by atoms with Gasteiger partial charge in [-0.2, -0.15) is 0 Å². The summed E-state index contributed by atoms with van der Waals surface area (Å²) in [6.45, 7) is 3.42. The minimum Gasteiger partial charge on any atom is -0.355 e. The molecule has 1 fully saturated rings. The Kier molecular flexibility index (Phi) is 3.57. The van der Waals surface area contributed by atoms with Gasteiger partial charge in [-0.05, 0) is 18.1 Å². The zero-order valence-electron chi connectivity index (χ0n) is 10.4. The van der Waals surface area contributed by atoms with Gasteiger partial charge < -0.3 is 5.32 Å². The van der Waals surface area contributed by atoms with Crippen molar-refractivity contribution >= 4 is 17.7 Å². The van der Waals surface area contributed by atoms with Crippen molar-refractivity contribution in [1.82, 2.24) is 10.2 Å².